The summed E-state index contributed by atoms with van der Waals surface area (Å²) in [6, 6.07) is 12.9. The Balaban J connectivity index is 1.31. The third-order valence-corrected chi connectivity index (χ3v) is 5.97. The van der Waals surface area contributed by atoms with E-state index in [4.69, 9.17) is 0 Å². The van der Waals surface area contributed by atoms with Gasteiger partial charge in [-0.3, -0.25) is 4.79 Å². The molecule has 0 aliphatic carbocycles. The van der Waals surface area contributed by atoms with E-state index in [9.17, 15) is 18.0 Å². The van der Waals surface area contributed by atoms with Gasteiger partial charge in [0, 0.05) is 41.4 Å². The topological polar surface area (TPSA) is 44.4 Å². The minimum Gasteiger partial charge on any atom is -0.382 e. The zero-order chi connectivity index (χ0) is 22.3. The van der Waals surface area contributed by atoms with Crippen molar-refractivity contribution in [1.82, 2.24) is 10.2 Å². The summed E-state index contributed by atoms with van der Waals surface area (Å²) in [4.78, 5) is 14.5. The molecular formula is C23H27BrF3N3O. The van der Waals surface area contributed by atoms with Crippen LogP contribution in [0.4, 0.5) is 18.9 Å². The SMILES string of the molecule is O=C(NCCCCN1CCC(Nc2cccc(C(F)(F)F)c2)CC1)c1ccc(Br)cc1. The van der Waals surface area contributed by atoms with Crippen LogP contribution in [0.25, 0.3) is 0 Å². The number of anilines is 1. The molecule has 1 heterocycles. The number of halogens is 4. The number of hydrogen-bond donors (Lipinski definition) is 2. The van der Waals surface area contributed by atoms with E-state index in [2.05, 4.69) is 31.5 Å². The lowest BCUT2D eigenvalue weighted by molar-refractivity contribution is -0.137. The molecule has 0 aromatic heterocycles. The number of alkyl halides is 3. The van der Waals surface area contributed by atoms with Crippen LogP contribution < -0.4 is 10.6 Å². The van der Waals surface area contributed by atoms with Crippen LogP contribution in [-0.2, 0) is 6.18 Å². The quantitative estimate of drug-likeness (QED) is 0.469. The highest BCUT2D eigenvalue weighted by atomic mass is 79.9. The standard InChI is InChI=1S/C23H27BrF3N3O/c24-19-8-6-17(7-9-19)22(31)28-12-1-2-13-30-14-10-20(11-15-30)29-21-5-3-4-18(16-21)23(25,26)27/h3-9,16,20,29H,1-2,10-15H2,(H,28,31). The predicted octanol–water partition coefficient (Wildman–Crippen LogP) is 5.55. The second kappa shape index (κ2) is 11.0. The zero-order valence-electron chi connectivity index (χ0n) is 17.2. The van der Waals surface area contributed by atoms with Crippen molar-refractivity contribution >= 4 is 27.5 Å². The lowest BCUT2D eigenvalue weighted by Gasteiger charge is -2.33. The fourth-order valence-electron chi connectivity index (χ4n) is 3.69. The average molecular weight is 498 g/mol. The van der Waals surface area contributed by atoms with Crippen molar-refractivity contribution < 1.29 is 18.0 Å². The molecule has 0 bridgehead atoms. The van der Waals surface area contributed by atoms with Gasteiger partial charge in [-0.1, -0.05) is 22.0 Å². The highest BCUT2D eigenvalue weighted by molar-refractivity contribution is 9.10. The van der Waals surface area contributed by atoms with Crippen molar-refractivity contribution in [1.29, 1.82) is 0 Å². The third kappa shape index (κ3) is 7.54. The van der Waals surface area contributed by atoms with E-state index < -0.39 is 11.7 Å². The molecule has 1 aliphatic heterocycles. The molecular weight excluding hydrogens is 471 g/mol. The number of carbonyl (C=O) groups is 1. The summed E-state index contributed by atoms with van der Waals surface area (Å²) in [5.41, 5.74) is 0.551. The first-order valence-corrected chi connectivity index (χ1v) is 11.3. The summed E-state index contributed by atoms with van der Waals surface area (Å²) in [6.45, 7) is 3.44. The summed E-state index contributed by atoms with van der Waals surface area (Å²) in [5.74, 6) is -0.0611. The zero-order valence-corrected chi connectivity index (χ0v) is 18.8. The van der Waals surface area contributed by atoms with Crippen molar-refractivity contribution in [3.8, 4) is 0 Å². The van der Waals surface area contributed by atoms with Gasteiger partial charge in [-0.25, -0.2) is 0 Å². The molecule has 0 radical (unpaired) electrons. The highest BCUT2D eigenvalue weighted by Crippen LogP contribution is 2.31. The minimum absolute atomic E-state index is 0.0611. The van der Waals surface area contributed by atoms with Gasteiger partial charge in [0.25, 0.3) is 5.91 Å². The molecule has 2 aromatic rings. The largest absolute Gasteiger partial charge is 0.416 e. The Kier molecular flexibility index (Phi) is 8.37. The fraction of sp³-hybridized carbons (Fsp3) is 0.435. The van der Waals surface area contributed by atoms with E-state index in [-0.39, 0.29) is 11.9 Å². The maximum atomic E-state index is 12.9. The number of likely N-dealkylation sites (tertiary alicyclic amines) is 1. The first-order chi connectivity index (χ1) is 14.8. The third-order valence-electron chi connectivity index (χ3n) is 5.44. The molecule has 168 valence electrons. The van der Waals surface area contributed by atoms with E-state index in [1.165, 1.54) is 12.1 Å². The van der Waals surface area contributed by atoms with E-state index in [0.717, 1.165) is 55.9 Å². The number of carbonyl (C=O) groups excluding carboxylic acids is 1. The number of rotatable bonds is 8. The number of unbranched alkanes of at least 4 members (excludes halogenated alkanes) is 1. The van der Waals surface area contributed by atoms with Crippen molar-refractivity contribution in [3.05, 3.63) is 64.1 Å². The second-order valence-corrected chi connectivity index (χ2v) is 8.72. The first kappa shape index (κ1) is 23.6. The Morgan fingerprint density at radius 3 is 2.45 bits per heavy atom. The van der Waals surface area contributed by atoms with Crippen molar-refractivity contribution in [2.75, 3.05) is 31.5 Å². The summed E-state index contributed by atoms with van der Waals surface area (Å²) in [6.07, 6.45) is -0.622. The lowest BCUT2D eigenvalue weighted by Crippen LogP contribution is -2.39. The van der Waals surface area contributed by atoms with Gasteiger partial charge in [0.2, 0.25) is 0 Å². The summed E-state index contributed by atoms with van der Waals surface area (Å²) < 4.78 is 39.5. The monoisotopic (exact) mass is 497 g/mol. The van der Waals surface area contributed by atoms with Crippen molar-refractivity contribution in [3.63, 3.8) is 0 Å². The van der Waals surface area contributed by atoms with Gasteiger partial charge < -0.3 is 15.5 Å². The van der Waals surface area contributed by atoms with E-state index in [1.807, 2.05) is 12.1 Å². The number of piperidine rings is 1. The molecule has 1 aliphatic rings. The second-order valence-electron chi connectivity index (χ2n) is 7.81. The number of benzene rings is 2. The van der Waals surface area contributed by atoms with Crippen LogP contribution in [0.2, 0.25) is 0 Å². The van der Waals surface area contributed by atoms with Crippen molar-refractivity contribution in [2.24, 2.45) is 0 Å². The van der Waals surface area contributed by atoms with Crippen LogP contribution >= 0.6 is 15.9 Å². The fourth-order valence-corrected chi connectivity index (χ4v) is 3.95. The Labute approximate surface area is 189 Å². The molecule has 0 atom stereocenters. The van der Waals surface area contributed by atoms with Gasteiger partial charge in [-0.2, -0.15) is 13.2 Å². The van der Waals surface area contributed by atoms with Crippen LogP contribution in [0.5, 0.6) is 0 Å². The highest BCUT2D eigenvalue weighted by Gasteiger charge is 2.30. The maximum absolute atomic E-state index is 12.9. The molecule has 2 N–H and O–H groups in total. The molecule has 0 saturated carbocycles. The van der Waals surface area contributed by atoms with Gasteiger partial charge in [0.05, 0.1) is 5.56 Å². The molecule has 8 heteroatoms. The Morgan fingerprint density at radius 1 is 1.06 bits per heavy atom. The van der Waals surface area contributed by atoms with Crippen LogP contribution in [0, 0.1) is 0 Å². The Bertz CT molecular complexity index is 850. The molecule has 1 fully saturated rings. The van der Waals surface area contributed by atoms with Gasteiger partial charge in [0.1, 0.15) is 0 Å². The number of nitrogens with zero attached hydrogens (tertiary/aromatic N) is 1. The van der Waals surface area contributed by atoms with E-state index in [1.54, 1.807) is 18.2 Å². The molecule has 31 heavy (non-hydrogen) atoms. The summed E-state index contributed by atoms with van der Waals surface area (Å²) in [7, 11) is 0. The molecule has 2 aromatic carbocycles. The van der Waals surface area contributed by atoms with Gasteiger partial charge in [-0.05, 0) is 74.7 Å². The maximum Gasteiger partial charge on any atom is 0.416 e. The van der Waals surface area contributed by atoms with Gasteiger partial charge >= 0.3 is 6.18 Å². The molecule has 1 amide bonds. The first-order valence-electron chi connectivity index (χ1n) is 10.5. The lowest BCUT2D eigenvalue weighted by atomic mass is 10.0. The van der Waals surface area contributed by atoms with Gasteiger partial charge in [0.15, 0.2) is 0 Å². The normalized spacial score (nSPS) is 15.6. The molecule has 1 saturated heterocycles. The van der Waals surface area contributed by atoms with Crippen molar-refractivity contribution in [2.45, 2.75) is 37.9 Å². The van der Waals surface area contributed by atoms with Crippen LogP contribution in [0.3, 0.4) is 0 Å². The number of amides is 1. The Hall–Kier alpha value is -2.06. The summed E-state index contributed by atoms with van der Waals surface area (Å²) >= 11 is 3.35. The van der Waals surface area contributed by atoms with Crippen LogP contribution in [-0.4, -0.2) is 43.0 Å². The average Bonchev–Trinajstić information content (AvgIpc) is 2.74. The van der Waals surface area contributed by atoms with E-state index >= 15 is 0 Å². The smallest absolute Gasteiger partial charge is 0.382 e. The molecule has 0 unspecified atom stereocenters. The minimum atomic E-state index is -4.32. The number of nitrogens with one attached hydrogen (secondary N) is 2. The predicted molar refractivity (Wildman–Crippen MR) is 120 cm³/mol. The Morgan fingerprint density at radius 2 is 1.77 bits per heavy atom. The molecule has 4 nitrogen and oxygen atoms in total. The molecule has 3 rings (SSSR count). The van der Waals surface area contributed by atoms with E-state index in [0.29, 0.717) is 17.8 Å². The van der Waals surface area contributed by atoms with Gasteiger partial charge in [-0.15, -0.1) is 0 Å². The number of hydrogen-bond acceptors (Lipinski definition) is 3. The summed E-state index contributed by atoms with van der Waals surface area (Å²) in [5, 5.41) is 6.19. The van der Waals surface area contributed by atoms with Crippen LogP contribution in [0.15, 0.2) is 53.0 Å². The van der Waals surface area contributed by atoms with Crippen LogP contribution in [0.1, 0.15) is 41.6 Å². The molecule has 0 spiro atoms.